The van der Waals surface area contributed by atoms with Crippen LogP contribution in [-0.2, 0) is 19.6 Å². The fourth-order valence-corrected chi connectivity index (χ4v) is 4.00. The molecule has 0 N–H and O–H groups in total. The Hall–Kier alpha value is -2.80. The third-order valence-electron chi connectivity index (χ3n) is 4.17. The zero-order valence-electron chi connectivity index (χ0n) is 16.5. The maximum atomic E-state index is 13.3. The molecule has 0 aromatic heterocycles. The van der Waals surface area contributed by atoms with Gasteiger partial charge < -0.3 is 9.47 Å². The van der Waals surface area contributed by atoms with Crippen molar-refractivity contribution in [3.05, 3.63) is 65.7 Å². The molecule has 0 heterocycles. The second kappa shape index (κ2) is 9.41. The third kappa shape index (κ3) is 4.92. The Balaban J connectivity index is 2.51. The second-order valence-corrected chi connectivity index (χ2v) is 7.92. The fourth-order valence-electron chi connectivity index (χ4n) is 2.55. The highest BCUT2D eigenvalue weighted by atomic mass is 32.2. The van der Waals surface area contributed by atoms with Crippen LogP contribution < -0.4 is 9.04 Å². The van der Waals surface area contributed by atoms with Crippen molar-refractivity contribution < 1.29 is 22.7 Å². The molecule has 0 unspecified atom stereocenters. The first kappa shape index (κ1) is 21.5. The zero-order valence-corrected chi connectivity index (χ0v) is 17.3. The Morgan fingerprint density at radius 1 is 1.07 bits per heavy atom. The van der Waals surface area contributed by atoms with Gasteiger partial charge in [0, 0.05) is 0 Å². The molecular weight excluding hydrogens is 378 g/mol. The first-order valence-corrected chi connectivity index (χ1v) is 10.3. The Morgan fingerprint density at radius 2 is 1.68 bits per heavy atom. The summed E-state index contributed by atoms with van der Waals surface area (Å²) in [5.41, 5.74) is 1.63. The highest BCUT2D eigenvalue weighted by Gasteiger charge is 2.27. The lowest BCUT2D eigenvalue weighted by atomic mass is 10.2. The normalized spacial score (nSPS) is 11.8. The highest BCUT2D eigenvalue weighted by Crippen LogP contribution is 2.27. The van der Waals surface area contributed by atoms with Gasteiger partial charge in [0.1, 0.15) is 5.75 Å². The first-order valence-electron chi connectivity index (χ1n) is 8.89. The Kier molecular flexibility index (Phi) is 7.23. The van der Waals surface area contributed by atoms with Gasteiger partial charge in [-0.15, -0.1) is 0 Å². The van der Waals surface area contributed by atoms with Gasteiger partial charge in [-0.25, -0.2) is 13.2 Å². The van der Waals surface area contributed by atoms with Gasteiger partial charge in [-0.3, -0.25) is 4.31 Å². The number of methoxy groups -OCH3 is 1. The number of hydrogen-bond donors (Lipinski definition) is 0. The third-order valence-corrected chi connectivity index (χ3v) is 5.96. The topological polar surface area (TPSA) is 72.9 Å². The number of esters is 1. The summed E-state index contributed by atoms with van der Waals surface area (Å²) >= 11 is 0. The molecule has 0 bridgehead atoms. The molecule has 0 aliphatic heterocycles. The lowest BCUT2D eigenvalue weighted by Crippen LogP contribution is -2.34. The van der Waals surface area contributed by atoms with Crippen LogP contribution in [-0.4, -0.2) is 34.6 Å². The number of carbonyl (C=O) groups excluding carboxylic acids is 1. The van der Waals surface area contributed by atoms with Crippen LogP contribution in [0.4, 0.5) is 5.69 Å². The SMILES string of the molecule is C/C=C(/CN(c1ccc(OC)cc1)S(=O)(=O)c1ccc(C)cc1)C(=O)OCC. The van der Waals surface area contributed by atoms with Gasteiger partial charge in [-0.2, -0.15) is 0 Å². The van der Waals surface area contributed by atoms with E-state index in [1.165, 1.54) is 11.4 Å². The molecule has 2 aromatic carbocycles. The van der Waals surface area contributed by atoms with Crippen LogP contribution in [0.15, 0.2) is 65.1 Å². The lowest BCUT2D eigenvalue weighted by Gasteiger charge is -2.25. The molecule has 0 saturated heterocycles. The van der Waals surface area contributed by atoms with Gasteiger partial charge in [0.25, 0.3) is 10.0 Å². The summed E-state index contributed by atoms with van der Waals surface area (Å²) in [6.45, 7) is 5.34. The van der Waals surface area contributed by atoms with E-state index in [0.29, 0.717) is 11.4 Å². The number of aryl methyl sites for hydroxylation is 1. The summed E-state index contributed by atoms with van der Waals surface area (Å²) < 4.78 is 38.1. The lowest BCUT2D eigenvalue weighted by molar-refractivity contribution is -0.138. The van der Waals surface area contributed by atoms with E-state index in [-0.39, 0.29) is 23.6 Å². The van der Waals surface area contributed by atoms with E-state index in [2.05, 4.69) is 0 Å². The maximum absolute atomic E-state index is 13.3. The van der Waals surface area contributed by atoms with E-state index >= 15 is 0 Å². The molecule has 0 radical (unpaired) electrons. The Morgan fingerprint density at radius 3 is 2.18 bits per heavy atom. The molecule has 7 heteroatoms. The van der Waals surface area contributed by atoms with Crippen LogP contribution in [0, 0.1) is 6.92 Å². The highest BCUT2D eigenvalue weighted by molar-refractivity contribution is 7.92. The van der Waals surface area contributed by atoms with Gasteiger partial charge in [-0.1, -0.05) is 23.8 Å². The zero-order chi connectivity index (χ0) is 20.7. The standard InChI is InChI=1S/C21H25NO5S/c1-5-17(21(23)27-6-2)15-22(18-9-11-19(26-4)12-10-18)28(24,25)20-13-7-16(3)8-14-20/h5,7-14H,6,15H2,1-4H3/b17-5-. The van der Waals surface area contributed by atoms with E-state index in [1.807, 2.05) is 6.92 Å². The minimum Gasteiger partial charge on any atom is -0.497 e. The number of anilines is 1. The van der Waals surface area contributed by atoms with Gasteiger partial charge in [-0.05, 0) is 57.2 Å². The van der Waals surface area contributed by atoms with Gasteiger partial charge in [0.15, 0.2) is 0 Å². The van der Waals surface area contributed by atoms with Crippen LogP contribution >= 0.6 is 0 Å². The summed E-state index contributed by atoms with van der Waals surface area (Å²) in [4.78, 5) is 12.4. The molecule has 28 heavy (non-hydrogen) atoms. The monoisotopic (exact) mass is 403 g/mol. The second-order valence-electron chi connectivity index (χ2n) is 6.06. The maximum Gasteiger partial charge on any atom is 0.335 e. The Bertz CT molecular complexity index is 932. The average Bonchev–Trinajstić information content (AvgIpc) is 2.69. The summed E-state index contributed by atoms with van der Waals surface area (Å²) in [6, 6.07) is 13.2. The quantitative estimate of drug-likeness (QED) is 0.496. The molecule has 0 saturated carbocycles. The van der Waals surface area contributed by atoms with Crippen LogP contribution in [0.25, 0.3) is 0 Å². The first-order chi connectivity index (χ1) is 13.3. The minimum absolute atomic E-state index is 0.141. The number of nitrogens with zero attached hydrogens (tertiary/aromatic N) is 1. The number of ether oxygens (including phenoxy) is 2. The van der Waals surface area contributed by atoms with Crippen molar-refractivity contribution in [3.63, 3.8) is 0 Å². The molecule has 0 amide bonds. The van der Waals surface area contributed by atoms with Crippen LogP contribution in [0.3, 0.4) is 0 Å². The molecule has 6 nitrogen and oxygen atoms in total. The van der Waals surface area contributed by atoms with Crippen molar-refractivity contribution in [1.82, 2.24) is 0 Å². The summed E-state index contributed by atoms with van der Waals surface area (Å²) in [6.07, 6.45) is 1.57. The van der Waals surface area contributed by atoms with Crippen molar-refractivity contribution in [2.75, 3.05) is 24.6 Å². The van der Waals surface area contributed by atoms with E-state index < -0.39 is 16.0 Å². The molecule has 0 aliphatic rings. The van der Waals surface area contributed by atoms with Gasteiger partial charge in [0.05, 0.1) is 36.4 Å². The molecule has 0 spiro atoms. The molecule has 2 aromatic rings. The molecule has 0 fully saturated rings. The number of benzene rings is 2. The van der Waals surface area contributed by atoms with Crippen molar-refractivity contribution >= 4 is 21.7 Å². The number of rotatable bonds is 8. The summed E-state index contributed by atoms with van der Waals surface area (Å²) in [5, 5.41) is 0. The number of allylic oxidation sites excluding steroid dienone is 1. The van der Waals surface area contributed by atoms with E-state index in [4.69, 9.17) is 9.47 Å². The van der Waals surface area contributed by atoms with E-state index in [0.717, 1.165) is 5.56 Å². The molecule has 0 atom stereocenters. The number of carbonyl (C=O) groups is 1. The summed E-state index contributed by atoms with van der Waals surface area (Å²) in [5.74, 6) is 0.0655. The van der Waals surface area contributed by atoms with Crippen molar-refractivity contribution in [2.24, 2.45) is 0 Å². The van der Waals surface area contributed by atoms with Crippen LogP contribution in [0.2, 0.25) is 0 Å². The molecule has 2 rings (SSSR count). The summed E-state index contributed by atoms with van der Waals surface area (Å²) in [7, 11) is -2.36. The van der Waals surface area contributed by atoms with Crippen LogP contribution in [0.5, 0.6) is 5.75 Å². The van der Waals surface area contributed by atoms with Crippen molar-refractivity contribution in [3.8, 4) is 5.75 Å². The van der Waals surface area contributed by atoms with Gasteiger partial charge >= 0.3 is 5.97 Å². The average molecular weight is 404 g/mol. The predicted octanol–water partition coefficient (Wildman–Crippen LogP) is 3.71. The van der Waals surface area contributed by atoms with Crippen molar-refractivity contribution in [1.29, 1.82) is 0 Å². The van der Waals surface area contributed by atoms with E-state index in [1.54, 1.807) is 68.5 Å². The van der Waals surface area contributed by atoms with E-state index in [9.17, 15) is 13.2 Å². The number of sulfonamides is 1. The molecule has 0 aliphatic carbocycles. The largest absolute Gasteiger partial charge is 0.497 e. The van der Waals surface area contributed by atoms with Crippen LogP contribution in [0.1, 0.15) is 19.4 Å². The number of hydrogen-bond acceptors (Lipinski definition) is 5. The Labute approximate surface area is 166 Å². The van der Waals surface area contributed by atoms with Crippen molar-refractivity contribution in [2.45, 2.75) is 25.7 Å². The molecule has 150 valence electrons. The van der Waals surface area contributed by atoms with Gasteiger partial charge in [0.2, 0.25) is 0 Å². The fraction of sp³-hybridized carbons (Fsp3) is 0.286. The minimum atomic E-state index is -3.90. The molecular formula is C21H25NO5S. The predicted molar refractivity (Wildman–Crippen MR) is 109 cm³/mol. The smallest absolute Gasteiger partial charge is 0.335 e.